The predicted molar refractivity (Wildman–Crippen MR) is 73.4 cm³/mol. The van der Waals surface area contributed by atoms with E-state index in [0.29, 0.717) is 22.6 Å². The number of hydrogen-bond acceptors (Lipinski definition) is 6. The van der Waals surface area contributed by atoms with Gasteiger partial charge in [0, 0.05) is 6.20 Å². The maximum absolute atomic E-state index is 5.61. The molecule has 3 N–H and O–H groups in total. The molecule has 0 fully saturated rings. The molecule has 0 radical (unpaired) electrons. The van der Waals surface area contributed by atoms with E-state index < -0.39 is 0 Å². The Morgan fingerprint density at radius 2 is 2.18 bits per heavy atom. The van der Waals surface area contributed by atoms with Crippen LogP contribution in [0.3, 0.4) is 0 Å². The molecule has 88 valence electrons. The van der Waals surface area contributed by atoms with Crippen molar-refractivity contribution >= 4 is 45.1 Å². The molecule has 2 heterocycles. The molecule has 2 rings (SSSR count). The van der Waals surface area contributed by atoms with Crippen molar-refractivity contribution < 1.29 is 0 Å². The summed E-state index contributed by atoms with van der Waals surface area (Å²) in [6, 6.07) is 5.38. The Kier molecular flexibility index (Phi) is 3.80. The number of nitrogen functional groups attached to an aromatic ring is 1. The van der Waals surface area contributed by atoms with Gasteiger partial charge < -0.3 is 11.1 Å². The molecule has 0 aliphatic carbocycles. The normalized spacial score (nSPS) is 10.2. The molecule has 5 nitrogen and oxygen atoms in total. The van der Waals surface area contributed by atoms with Crippen LogP contribution in [0.25, 0.3) is 0 Å². The van der Waals surface area contributed by atoms with Crippen LogP contribution in [-0.4, -0.2) is 21.2 Å². The number of anilines is 3. The van der Waals surface area contributed by atoms with Gasteiger partial charge in [-0.05, 0) is 34.3 Å². The zero-order valence-corrected chi connectivity index (χ0v) is 11.4. The summed E-state index contributed by atoms with van der Waals surface area (Å²) in [5, 5.41) is 3.78. The minimum absolute atomic E-state index is 0.463. The quantitative estimate of drug-likeness (QED) is 0.670. The zero-order chi connectivity index (χ0) is 12.3. The van der Waals surface area contributed by atoms with E-state index in [1.54, 1.807) is 12.3 Å². The van der Waals surface area contributed by atoms with Gasteiger partial charge in [-0.1, -0.05) is 17.8 Å². The SMILES string of the molecule is CSc1ncc(Br)c(Nc2cccc(N)n2)n1. The van der Waals surface area contributed by atoms with Gasteiger partial charge in [-0.3, -0.25) is 0 Å². The lowest BCUT2D eigenvalue weighted by Crippen LogP contribution is -2.00. The van der Waals surface area contributed by atoms with Gasteiger partial charge in [0.1, 0.15) is 11.6 Å². The van der Waals surface area contributed by atoms with Gasteiger partial charge in [0.25, 0.3) is 0 Å². The Hall–Kier alpha value is -1.34. The fourth-order valence-corrected chi connectivity index (χ4v) is 1.81. The van der Waals surface area contributed by atoms with Crippen molar-refractivity contribution in [2.75, 3.05) is 17.3 Å². The molecule has 0 bridgehead atoms. The number of rotatable bonds is 3. The summed E-state index contributed by atoms with van der Waals surface area (Å²) in [7, 11) is 0. The minimum atomic E-state index is 0.463. The van der Waals surface area contributed by atoms with Crippen LogP contribution >= 0.6 is 27.7 Å². The molecule has 0 aliphatic rings. The van der Waals surface area contributed by atoms with Crippen molar-refractivity contribution in [1.82, 2.24) is 15.0 Å². The van der Waals surface area contributed by atoms with E-state index in [9.17, 15) is 0 Å². The Labute approximate surface area is 111 Å². The van der Waals surface area contributed by atoms with Crippen LogP contribution in [0.1, 0.15) is 0 Å². The van der Waals surface area contributed by atoms with Gasteiger partial charge in [0.05, 0.1) is 4.47 Å². The summed E-state index contributed by atoms with van der Waals surface area (Å²) in [6.07, 6.45) is 3.62. The molecule has 0 saturated carbocycles. The van der Waals surface area contributed by atoms with Gasteiger partial charge in [-0.2, -0.15) is 0 Å². The molecule has 7 heteroatoms. The maximum Gasteiger partial charge on any atom is 0.189 e. The van der Waals surface area contributed by atoms with Gasteiger partial charge in [-0.15, -0.1) is 0 Å². The number of nitrogens with one attached hydrogen (secondary N) is 1. The average molecular weight is 312 g/mol. The molecular weight excluding hydrogens is 302 g/mol. The first-order valence-electron chi connectivity index (χ1n) is 4.75. The topological polar surface area (TPSA) is 76.7 Å². The predicted octanol–water partition coefficient (Wildman–Crippen LogP) is 2.68. The van der Waals surface area contributed by atoms with Crippen molar-refractivity contribution in [3.63, 3.8) is 0 Å². The van der Waals surface area contributed by atoms with Crippen LogP contribution < -0.4 is 11.1 Å². The summed E-state index contributed by atoms with van der Waals surface area (Å²) in [4.78, 5) is 12.6. The van der Waals surface area contributed by atoms with E-state index in [1.807, 2.05) is 18.4 Å². The molecule has 17 heavy (non-hydrogen) atoms. The molecular formula is C10H10BrN5S. The molecule has 2 aromatic heterocycles. The maximum atomic E-state index is 5.61. The largest absolute Gasteiger partial charge is 0.384 e. The molecule has 0 saturated heterocycles. The van der Waals surface area contributed by atoms with Crippen LogP contribution in [0, 0.1) is 0 Å². The van der Waals surface area contributed by atoms with E-state index in [1.165, 1.54) is 11.8 Å². The molecule has 0 amide bonds. The lowest BCUT2D eigenvalue weighted by molar-refractivity contribution is 0.965. The highest BCUT2D eigenvalue weighted by Gasteiger charge is 2.05. The average Bonchev–Trinajstić information content (AvgIpc) is 2.32. The van der Waals surface area contributed by atoms with Gasteiger partial charge in [0.2, 0.25) is 0 Å². The van der Waals surface area contributed by atoms with Crippen LogP contribution in [0.2, 0.25) is 0 Å². The molecule has 2 aromatic rings. The number of thioether (sulfide) groups is 1. The highest BCUT2D eigenvalue weighted by molar-refractivity contribution is 9.10. The summed E-state index contributed by atoms with van der Waals surface area (Å²) in [5.41, 5.74) is 5.61. The smallest absolute Gasteiger partial charge is 0.189 e. The van der Waals surface area contributed by atoms with Gasteiger partial charge in [0.15, 0.2) is 11.0 Å². The molecule has 0 atom stereocenters. The van der Waals surface area contributed by atoms with E-state index in [4.69, 9.17) is 5.73 Å². The summed E-state index contributed by atoms with van der Waals surface area (Å²) < 4.78 is 0.777. The Morgan fingerprint density at radius 1 is 1.35 bits per heavy atom. The number of nitrogens with two attached hydrogens (primary N) is 1. The number of aromatic nitrogens is 3. The third kappa shape index (κ3) is 3.07. The fourth-order valence-electron chi connectivity index (χ4n) is 1.18. The van der Waals surface area contributed by atoms with E-state index in [-0.39, 0.29) is 0 Å². The van der Waals surface area contributed by atoms with Crippen molar-refractivity contribution in [2.45, 2.75) is 5.16 Å². The summed E-state index contributed by atoms with van der Waals surface area (Å²) in [5.74, 6) is 1.78. The first kappa shape index (κ1) is 12.1. The number of halogens is 1. The number of hydrogen-bond donors (Lipinski definition) is 2. The third-order valence-corrected chi connectivity index (χ3v) is 3.06. The van der Waals surface area contributed by atoms with Crippen molar-refractivity contribution in [3.05, 3.63) is 28.9 Å². The molecule has 0 aliphatic heterocycles. The zero-order valence-electron chi connectivity index (χ0n) is 9.01. The van der Waals surface area contributed by atoms with Gasteiger partial charge in [-0.25, -0.2) is 15.0 Å². The number of pyridine rings is 1. The standard InChI is InChI=1S/C10H10BrN5S/c1-17-10-13-5-6(11)9(16-10)15-8-4-2-3-7(12)14-8/h2-5H,1H3,(H3,12,13,14,15,16). The molecule has 0 aromatic carbocycles. The Bertz CT molecular complexity index is 534. The first-order chi connectivity index (χ1) is 8.19. The lowest BCUT2D eigenvalue weighted by Gasteiger charge is -2.07. The monoisotopic (exact) mass is 311 g/mol. The molecule has 0 spiro atoms. The Balaban J connectivity index is 2.29. The van der Waals surface area contributed by atoms with E-state index in [2.05, 4.69) is 36.2 Å². The lowest BCUT2D eigenvalue weighted by atomic mass is 10.4. The van der Waals surface area contributed by atoms with Crippen LogP contribution in [-0.2, 0) is 0 Å². The van der Waals surface area contributed by atoms with Crippen molar-refractivity contribution in [1.29, 1.82) is 0 Å². The highest BCUT2D eigenvalue weighted by atomic mass is 79.9. The van der Waals surface area contributed by atoms with Crippen molar-refractivity contribution in [3.8, 4) is 0 Å². The summed E-state index contributed by atoms with van der Waals surface area (Å²) in [6.45, 7) is 0. The van der Waals surface area contributed by atoms with Crippen LogP contribution in [0.5, 0.6) is 0 Å². The minimum Gasteiger partial charge on any atom is -0.384 e. The van der Waals surface area contributed by atoms with Gasteiger partial charge >= 0.3 is 0 Å². The molecule has 0 unspecified atom stereocenters. The second-order valence-electron chi connectivity index (χ2n) is 3.13. The number of nitrogens with zero attached hydrogens (tertiary/aromatic N) is 3. The highest BCUT2D eigenvalue weighted by Crippen LogP contribution is 2.24. The second kappa shape index (κ2) is 5.33. The third-order valence-electron chi connectivity index (χ3n) is 1.92. The van der Waals surface area contributed by atoms with Crippen LogP contribution in [0.4, 0.5) is 17.5 Å². The van der Waals surface area contributed by atoms with Crippen molar-refractivity contribution in [2.24, 2.45) is 0 Å². The second-order valence-corrected chi connectivity index (χ2v) is 4.75. The van der Waals surface area contributed by atoms with E-state index in [0.717, 1.165) is 4.47 Å². The van der Waals surface area contributed by atoms with E-state index >= 15 is 0 Å². The summed E-state index contributed by atoms with van der Waals surface area (Å²) >= 11 is 4.86. The Morgan fingerprint density at radius 3 is 2.88 bits per heavy atom. The van der Waals surface area contributed by atoms with Crippen LogP contribution in [0.15, 0.2) is 34.0 Å². The first-order valence-corrected chi connectivity index (χ1v) is 6.77. The fraction of sp³-hybridized carbons (Fsp3) is 0.100.